The summed E-state index contributed by atoms with van der Waals surface area (Å²) in [5.41, 5.74) is 0.462. The van der Waals surface area contributed by atoms with Gasteiger partial charge in [-0.05, 0) is 24.3 Å². The second kappa shape index (κ2) is 6.34. The van der Waals surface area contributed by atoms with E-state index in [2.05, 4.69) is 0 Å². The summed E-state index contributed by atoms with van der Waals surface area (Å²) >= 11 is 0. The van der Waals surface area contributed by atoms with Gasteiger partial charge < -0.3 is 19.3 Å². The van der Waals surface area contributed by atoms with Crippen LogP contribution in [0.4, 0.5) is 4.39 Å². The Balaban J connectivity index is 2.83. The lowest BCUT2D eigenvalue weighted by Gasteiger charge is -2.15. The molecule has 0 aliphatic heterocycles. The van der Waals surface area contributed by atoms with Crippen LogP contribution < -0.4 is 14.2 Å². The van der Waals surface area contributed by atoms with Crippen molar-refractivity contribution in [2.45, 2.75) is 0 Å². The number of carboxylic acids is 1. The van der Waals surface area contributed by atoms with E-state index in [1.807, 2.05) is 0 Å². The molecule has 0 heterocycles. The highest BCUT2D eigenvalue weighted by molar-refractivity contribution is 6.00. The van der Waals surface area contributed by atoms with Crippen molar-refractivity contribution in [3.63, 3.8) is 0 Å². The van der Waals surface area contributed by atoms with Gasteiger partial charge in [0.2, 0.25) is 0 Å². The number of benzene rings is 2. The van der Waals surface area contributed by atoms with Crippen molar-refractivity contribution in [2.75, 3.05) is 21.3 Å². The second-order valence-electron chi connectivity index (χ2n) is 4.40. The molecule has 5 nitrogen and oxygen atoms in total. The van der Waals surface area contributed by atoms with E-state index in [0.717, 1.165) is 0 Å². The van der Waals surface area contributed by atoms with Crippen LogP contribution in [0.1, 0.15) is 10.4 Å². The third-order valence-electron chi connectivity index (χ3n) is 3.20. The Labute approximate surface area is 126 Å². The molecule has 0 atom stereocenters. The van der Waals surface area contributed by atoms with Gasteiger partial charge in [0.25, 0.3) is 0 Å². The molecule has 0 radical (unpaired) electrons. The highest BCUT2D eigenvalue weighted by Crippen LogP contribution is 2.39. The summed E-state index contributed by atoms with van der Waals surface area (Å²) in [7, 11) is 4.23. The van der Waals surface area contributed by atoms with Gasteiger partial charge in [0.15, 0.2) is 0 Å². The number of hydrogen-bond acceptors (Lipinski definition) is 4. The molecule has 22 heavy (non-hydrogen) atoms. The summed E-state index contributed by atoms with van der Waals surface area (Å²) in [6.45, 7) is 0. The fourth-order valence-electron chi connectivity index (χ4n) is 2.19. The van der Waals surface area contributed by atoms with Crippen LogP contribution in [0.2, 0.25) is 0 Å². The Hall–Kier alpha value is -2.76. The minimum Gasteiger partial charge on any atom is -0.497 e. The van der Waals surface area contributed by atoms with E-state index < -0.39 is 11.8 Å². The normalized spacial score (nSPS) is 10.2. The minimum atomic E-state index is -1.19. The van der Waals surface area contributed by atoms with Gasteiger partial charge >= 0.3 is 5.97 Å². The monoisotopic (exact) mass is 306 g/mol. The molecule has 2 aromatic rings. The smallest absolute Gasteiger partial charge is 0.340 e. The predicted octanol–water partition coefficient (Wildman–Crippen LogP) is 3.22. The van der Waals surface area contributed by atoms with Gasteiger partial charge in [-0.15, -0.1) is 0 Å². The molecule has 6 heteroatoms. The van der Waals surface area contributed by atoms with Crippen LogP contribution in [0.25, 0.3) is 11.1 Å². The topological polar surface area (TPSA) is 65.0 Å². The number of aromatic carboxylic acids is 1. The van der Waals surface area contributed by atoms with Crippen LogP contribution in [-0.2, 0) is 0 Å². The van der Waals surface area contributed by atoms with E-state index in [1.165, 1.54) is 51.7 Å². The number of rotatable bonds is 5. The fourth-order valence-corrected chi connectivity index (χ4v) is 2.19. The summed E-state index contributed by atoms with van der Waals surface area (Å²) in [4.78, 5) is 11.6. The van der Waals surface area contributed by atoms with Crippen LogP contribution in [-0.4, -0.2) is 32.4 Å². The van der Waals surface area contributed by atoms with Gasteiger partial charge in [0.1, 0.15) is 28.6 Å². The highest BCUT2D eigenvalue weighted by atomic mass is 19.1. The van der Waals surface area contributed by atoms with Crippen molar-refractivity contribution >= 4 is 5.97 Å². The van der Waals surface area contributed by atoms with Crippen molar-refractivity contribution in [3.05, 3.63) is 41.7 Å². The zero-order valence-corrected chi connectivity index (χ0v) is 12.3. The largest absolute Gasteiger partial charge is 0.497 e. The highest BCUT2D eigenvalue weighted by Gasteiger charge is 2.22. The first-order valence-corrected chi connectivity index (χ1v) is 6.35. The van der Waals surface area contributed by atoms with E-state index in [1.54, 1.807) is 0 Å². The molecular weight excluding hydrogens is 291 g/mol. The Morgan fingerprint density at radius 3 is 2.18 bits per heavy atom. The Kier molecular flexibility index (Phi) is 4.50. The lowest BCUT2D eigenvalue weighted by Crippen LogP contribution is -2.05. The molecule has 0 aromatic heterocycles. The van der Waals surface area contributed by atoms with Gasteiger partial charge in [0, 0.05) is 17.2 Å². The molecule has 0 aliphatic carbocycles. The molecule has 0 fully saturated rings. The standard InChI is InChI=1S/C16H15FO5/c1-20-10-7-12(15(16(18)19)14(8-10)22-3)11-6-9(17)4-5-13(11)21-2/h4-8H,1-3H3,(H,18,19). The van der Waals surface area contributed by atoms with Gasteiger partial charge in [-0.3, -0.25) is 0 Å². The number of ether oxygens (including phenoxy) is 3. The number of carbonyl (C=O) groups is 1. The fraction of sp³-hybridized carbons (Fsp3) is 0.188. The molecule has 0 bridgehead atoms. The molecule has 116 valence electrons. The maximum Gasteiger partial charge on any atom is 0.340 e. The van der Waals surface area contributed by atoms with E-state index >= 15 is 0 Å². The summed E-state index contributed by atoms with van der Waals surface area (Å²) in [5, 5.41) is 9.48. The van der Waals surface area contributed by atoms with E-state index in [-0.39, 0.29) is 16.9 Å². The molecule has 2 rings (SSSR count). The van der Waals surface area contributed by atoms with Gasteiger partial charge in [-0.2, -0.15) is 0 Å². The molecular formula is C16H15FO5. The van der Waals surface area contributed by atoms with Gasteiger partial charge in [-0.25, -0.2) is 9.18 Å². The Morgan fingerprint density at radius 1 is 0.955 bits per heavy atom. The average Bonchev–Trinajstić information content (AvgIpc) is 2.53. The quantitative estimate of drug-likeness (QED) is 0.919. The van der Waals surface area contributed by atoms with Crippen molar-refractivity contribution in [1.82, 2.24) is 0 Å². The first-order valence-electron chi connectivity index (χ1n) is 6.35. The number of carboxylic acid groups (broad SMARTS) is 1. The molecule has 0 amide bonds. The van der Waals surface area contributed by atoms with Crippen LogP contribution in [0.5, 0.6) is 17.2 Å². The maximum absolute atomic E-state index is 13.6. The zero-order chi connectivity index (χ0) is 16.3. The van der Waals surface area contributed by atoms with Crippen molar-refractivity contribution in [2.24, 2.45) is 0 Å². The number of halogens is 1. The van der Waals surface area contributed by atoms with Crippen molar-refractivity contribution in [1.29, 1.82) is 0 Å². The zero-order valence-electron chi connectivity index (χ0n) is 12.3. The third kappa shape index (κ3) is 2.81. The second-order valence-corrected chi connectivity index (χ2v) is 4.40. The van der Waals surface area contributed by atoms with Crippen LogP contribution in [0.15, 0.2) is 30.3 Å². The maximum atomic E-state index is 13.6. The summed E-state index contributed by atoms with van der Waals surface area (Å²) in [5.74, 6) is -0.842. The molecule has 0 saturated heterocycles. The summed E-state index contributed by atoms with van der Waals surface area (Å²) in [6, 6.07) is 6.84. The lowest BCUT2D eigenvalue weighted by molar-refractivity contribution is 0.0694. The van der Waals surface area contributed by atoms with Gasteiger partial charge in [0.05, 0.1) is 21.3 Å². The number of methoxy groups -OCH3 is 3. The minimum absolute atomic E-state index is 0.0906. The molecule has 0 saturated carbocycles. The van der Waals surface area contributed by atoms with Crippen LogP contribution >= 0.6 is 0 Å². The van der Waals surface area contributed by atoms with Crippen LogP contribution in [0, 0.1) is 5.82 Å². The third-order valence-corrected chi connectivity index (χ3v) is 3.20. The predicted molar refractivity (Wildman–Crippen MR) is 78.5 cm³/mol. The molecule has 0 unspecified atom stereocenters. The van der Waals surface area contributed by atoms with Crippen molar-refractivity contribution in [3.8, 4) is 28.4 Å². The molecule has 2 aromatic carbocycles. The average molecular weight is 306 g/mol. The first kappa shape index (κ1) is 15.6. The molecule has 1 N–H and O–H groups in total. The Bertz CT molecular complexity index is 712. The van der Waals surface area contributed by atoms with Crippen LogP contribution in [0.3, 0.4) is 0 Å². The summed E-state index contributed by atoms with van der Waals surface area (Å²) in [6.07, 6.45) is 0. The number of hydrogen-bond donors (Lipinski definition) is 1. The van der Waals surface area contributed by atoms with E-state index in [9.17, 15) is 14.3 Å². The lowest BCUT2D eigenvalue weighted by atomic mass is 9.97. The SMILES string of the molecule is COc1cc(OC)c(C(=O)O)c(-c2cc(F)ccc2OC)c1. The van der Waals surface area contributed by atoms with Gasteiger partial charge in [-0.1, -0.05) is 0 Å². The molecule has 0 aliphatic rings. The Morgan fingerprint density at radius 2 is 1.64 bits per heavy atom. The molecule has 0 spiro atoms. The van der Waals surface area contributed by atoms with E-state index in [4.69, 9.17) is 14.2 Å². The summed E-state index contributed by atoms with van der Waals surface area (Å²) < 4.78 is 29.1. The first-order chi connectivity index (χ1) is 10.5. The van der Waals surface area contributed by atoms with Crippen molar-refractivity contribution < 1.29 is 28.5 Å². The van der Waals surface area contributed by atoms with E-state index in [0.29, 0.717) is 17.1 Å².